The summed E-state index contributed by atoms with van der Waals surface area (Å²) in [5.41, 5.74) is 12.4. The van der Waals surface area contributed by atoms with E-state index in [0.717, 1.165) is 28.7 Å². The summed E-state index contributed by atoms with van der Waals surface area (Å²) >= 11 is 0. The lowest BCUT2D eigenvalue weighted by molar-refractivity contribution is 0.701. The van der Waals surface area contributed by atoms with Gasteiger partial charge in [0, 0.05) is 31.8 Å². The van der Waals surface area contributed by atoms with Crippen LogP contribution in [0.1, 0.15) is 11.4 Å². The van der Waals surface area contributed by atoms with Gasteiger partial charge in [-0.15, -0.1) is 0 Å². The number of aromatic nitrogens is 4. The Hall–Kier alpha value is -2.14. The number of imidazole rings is 1. The molecule has 0 radical (unpaired) electrons. The molecule has 0 bridgehead atoms. The second-order valence-electron chi connectivity index (χ2n) is 5.13. The topological polar surface area (TPSA) is 61.7 Å². The summed E-state index contributed by atoms with van der Waals surface area (Å²) in [6, 6.07) is 6.36. The molecular formula is C15H19N5. The van der Waals surface area contributed by atoms with Crippen molar-refractivity contribution in [3.8, 4) is 11.1 Å². The summed E-state index contributed by atoms with van der Waals surface area (Å²) in [4.78, 5) is 4.43. The van der Waals surface area contributed by atoms with Crippen LogP contribution in [0.5, 0.6) is 0 Å². The highest BCUT2D eigenvalue weighted by molar-refractivity contribution is 5.83. The molecule has 3 aromatic rings. The molecule has 1 aromatic carbocycles. The highest BCUT2D eigenvalue weighted by atomic mass is 15.3. The molecule has 0 spiro atoms. The van der Waals surface area contributed by atoms with Crippen LogP contribution in [0.15, 0.2) is 24.5 Å². The lowest BCUT2D eigenvalue weighted by Crippen LogP contribution is -2.08. The van der Waals surface area contributed by atoms with Gasteiger partial charge in [-0.3, -0.25) is 4.68 Å². The predicted octanol–water partition coefficient (Wildman–Crippen LogP) is 1.78. The van der Waals surface area contributed by atoms with Crippen LogP contribution < -0.4 is 5.73 Å². The molecule has 2 aromatic heterocycles. The van der Waals surface area contributed by atoms with Gasteiger partial charge in [0.05, 0.1) is 23.1 Å². The third-order valence-electron chi connectivity index (χ3n) is 3.74. The van der Waals surface area contributed by atoms with Crippen molar-refractivity contribution < 1.29 is 0 Å². The van der Waals surface area contributed by atoms with E-state index in [1.54, 1.807) is 0 Å². The molecule has 0 amide bonds. The van der Waals surface area contributed by atoms with Crippen molar-refractivity contribution in [3.63, 3.8) is 0 Å². The predicted molar refractivity (Wildman–Crippen MR) is 80.4 cm³/mol. The van der Waals surface area contributed by atoms with Crippen LogP contribution in [0.2, 0.25) is 0 Å². The standard InChI is InChI=1S/C15H19N5/c1-10-15(14(6-7-16)20(3)18-10)11-4-5-13-12(8-11)17-9-19(13)2/h4-5,8-9H,6-7,16H2,1-3H3. The molecule has 0 saturated heterocycles. The minimum absolute atomic E-state index is 0.623. The first kappa shape index (κ1) is 12.9. The van der Waals surface area contributed by atoms with Gasteiger partial charge in [0.2, 0.25) is 0 Å². The molecule has 0 aliphatic rings. The maximum atomic E-state index is 5.72. The smallest absolute Gasteiger partial charge is 0.0955 e. The monoisotopic (exact) mass is 269 g/mol. The molecule has 2 N–H and O–H groups in total. The molecule has 5 heteroatoms. The van der Waals surface area contributed by atoms with E-state index in [-0.39, 0.29) is 0 Å². The molecular weight excluding hydrogens is 250 g/mol. The highest BCUT2D eigenvalue weighted by Gasteiger charge is 2.15. The van der Waals surface area contributed by atoms with Crippen molar-refractivity contribution in [1.29, 1.82) is 0 Å². The number of benzene rings is 1. The Morgan fingerprint density at radius 2 is 2.05 bits per heavy atom. The Kier molecular flexibility index (Phi) is 3.06. The first-order valence-corrected chi connectivity index (χ1v) is 6.76. The highest BCUT2D eigenvalue weighted by Crippen LogP contribution is 2.29. The maximum absolute atomic E-state index is 5.72. The fraction of sp³-hybridized carbons (Fsp3) is 0.333. The van der Waals surface area contributed by atoms with Gasteiger partial charge >= 0.3 is 0 Å². The van der Waals surface area contributed by atoms with E-state index in [0.29, 0.717) is 6.54 Å². The van der Waals surface area contributed by atoms with Gasteiger partial charge in [0.25, 0.3) is 0 Å². The molecule has 0 fully saturated rings. The van der Waals surface area contributed by atoms with Crippen LogP contribution in [0, 0.1) is 6.92 Å². The number of fused-ring (bicyclic) bond motifs is 1. The second kappa shape index (κ2) is 4.76. The van der Waals surface area contributed by atoms with E-state index in [1.165, 1.54) is 11.3 Å². The molecule has 5 nitrogen and oxygen atoms in total. The van der Waals surface area contributed by atoms with Gasteiger partial charge in [0.15, 0.2) is 0 Å². The summed E-state index contributed by atoms with van der Waals surface area (Å²) in [7, 11) is 3.98. The molecule has 0 aliphatic carbocycles. The summed E-state index contributed by atoms with van der Waals surface area (Å²) in [6.45, 7) is 2.66. The molecule has 2 heterocycles. The van der Waals surface area contributed by atoms with Crippen LogP contribution in [0.4, 0.5) is 0 Å². The zero-order valence-electron chi connectivity index (χ0n) is 12.1. The average Bonchev–Trinajstić information content (AvgIpc) is 2.91. The third-order valence-corrected chi connectivity index (χ3v) is 3.74. The first-order chi connectivity index (χ1) is 9.61. The van der Waals surface area contributed by atoms with Crippen LogP contribution in [0.25, 0.3) is 22.2 Å². The van der Waals surface area contributed by atoms with Crippen molar-refractivity contribution in [2.24, 2.45) is 19.8 Å². The van der Waals surface area contributed by atoms with Crippen LogP contribution >= 0.6 is 0 Å². The van der Waals surface area contributed by atoms with Crippen molar-refractivity contribution in [3.05, 3.63) is 35.9 Å². The zero-order chi connectivity index (χ0) is 14.3. The molecule has 0 atom stereocenters. The van der Waals surface area contributed by atoms with Gasteiger partial charge in [-0.2, -0.15) is 5.10 Å². The molecule has 104 valence electrons. The minimum atomic E-state index is 0.623. The molecule has 0 saturated carbocycles. The lowest BCUT2D eigenvalue weighted by atomic mass is 10.0. The first-order valence-electron chi connectivity index (χ1n) is 6.76. The Labute approximate surface area is 118 Å². The molecule has 3 rings (SSSR count). The summed E-state index contributed by atoms with van der Waals surface area (Å²) in [5, 5.41) is 4.53. The van der Waals surface area contributed by atoms with Crippen molar-refractivity contribution in [1.82, 2.24) is 19.3 Å². The quantitative estimate of drug-likeness (QED) is 0.788. The second-order valence-corrected chi connectivity index (χ2v) is 5.13. The Balaban J connectivity index is 2.19. The van der Waals surface area contributed by atoms with E-state index in [2.05, 4.69) is 28.3 Å². The molecule has 20 heavy (non-hydrogen) atoms. The number of nitrogens with zero attached hydrogens (tertiary/aromatic N) is 4. The van der Waals surface area contributed by atoms with E-state index in [9.17, 15) is 0 Å². The van der Waals surface area contributed by atoms with Crippen LogP contribution in [-0.4, -0.2) is 25.9 Å². The molecule has 0 aliphatic heterocycles. The number of aryl methyl sites for hydroxylation is 3. The Morgan fingerprint density at radius 3 is 2.80 bits per heavy atom. The van der Waals surface area contributed by atoms with Gasteiger partial charge in [0.1, 0.15) is 0 Å². The summed E-state index contributed by atoms with van der Waals surface area (Å²) < 4.78 is 3.95. The normalized spacial score (nSPS) is 11.4. The largest absolute Gasteiger partial charge is 0.334 e. The third kappa shape index (κ3) is 1.91. The van der Waals surface area contributed by atoms with Gasteiger partial charge in [-0.05, 0) is 31.2 Å². The zero-order valence-corrected chi connectivity index (χ0v) is 12.1. The average molecular weight is 269 g/mol. The van der Waals surface area contributed by atoms with Gasteiger partial charge in [-0.1, -0.05) is 6.07 Å². The minimum Gasteiger partial charge on any atom is -0.334 e. The Bertz CT molecular complexity index is 766. The number of nitrogens with two attached hydrogens (primary N) is 1. The van der Waals surface area contributed by atoms with E-state index >= 15 is 0 Å². The van der Waals surface area contributed by atoms with Crippen LogP contribution in [0.3, 0.4) is 0 Å². The summed E-state index contributed by atoms with van der Waals surface area (Å²) in [5.74, 6) is 0. The van der Waals surface area contributed by atoms with Gasteiger partial charge < -0.3 is 10.3 Å². The van der Waals surface area contributed by atoms with E-state index in [1.807, 2.05) is 36.6 Å². The fourth-order valence-corrected chi connectivity index (χ4v) is 2.80. The Morgan fingerprint density at radius 1 is 1.25 bits per heavy atom. The van der Waals surface area contributed by atoms with Crippen molar-refractivity contribution in [2.75, 3.05) is 6.54 Å². The maximum Gasteiger partial charge on any atom is 0.0955 e. The number of rotatable bonds is 3. The number of hydrogen-bond donors (Lipinski definition) is 1. The number of hydrogen-bond acceptors (Lipinski definition) is 3. The fourth-order valence-electron chi connectivity index (χ4n) is 2.80. The van der Waals surface area contributed by atoms with Crippen molar-refractivity contribution >= 4 is 11.0 Å². The SMILES string of the molecule is Cc1nn(C)c(CCN)c1-c1ccc2c(c1)ncn2C. The lowest BCUT2D eigenvalue weighted by Gasteiger charge is -2.06. The van der Waals surface area contributed by atoms with E-state index < -0.39 is 0 Å². The van der Waals surface area contributed by atoms with Crippen molar-refractivity contribution in [2.45, 2.75) is 13.3 Å². The van der Waals surface area contributed by atoms with E-state index in [4.69, 9.17) is 5.73 Å². The molecule has 0 unspecified atom stereocenters. The van der Waals surface area contributed by atoms with Gasteiger partial charge in [-0.25, -0.2) is 4.98 Å². The van der Waals surface area contributed by atoms with Crippen LogP contribution in [-0.2, 0) is 20.5 Å². The summed E-state index contributed by atoms with van der Waals surface area (Å²) in [6.07, 6.45) is 2.66.